The molecule has 5 aromatic carbocycles. The number of carbonyl (C=O) groups is 4. The molecule has 3 unspecified atom stereocenters. The number of carbonyl (C=O) groups excluding carboxylic acids is 4. The largest absolute Gasteiger partial charge is 0.489 e. The molecule has 1 N–H and O–H groups in total. The van der Waals surface area contributed by atoms with Crippen molar-refractivity contribution in [2.75, 3.05) is 50.7 Å². The van der Waals surface area contributed by atoms with Crippen molar-refractivity contribution in [1.82, 2.24) is 20.2 Å². The fourth-order valence-corrected chi connectivity index (χ4v) is 10.5. The van der Waals surface area contributed by atoms with Crippen molar-refractivity contribution in [2.45, 2.75) is 69.4 Å². The zero-order valence-electron chi connectivity index (χ0n) is 36.2. The van der Waals surface area contributed by atoms with Crippen LogP contribution in [0.4, 0.5) is 5.69 Å². The molecule has 328 valence electrons. The van der Waals surface area contributed by atoms with Crippen LogP contribution < -0.4 is 19.8 Å². The minimum absolute atomic E-state index is 0.102. The van der Waals surface area contributed by atoms with Crippen molar-refractivity contribution in [3.63, 3.8) is 0 Å². The summed E-state index contributed by atoms with van der Waals surface area (Å²) in [5.74, 6) is 1.14. The Kier molecular flexibility index (Phi) is 12.0. The zero-order valence-corrected chi connectivity index (χ0v) is 36.2. The fourth-order valence-electron chi connectivity index (χ4n) is 10.5. The SMILES string of the molecule is O=C1CCC(N2C(=O)c3ccc(N4CCN(CCC5CCN(Oc6ccc(C7c8ccc(OCc9ccccc9)cc8CCC7c7ccccc7)cc6)CC5)CC4)cc3C2=O)C(=O)N1. The van der Waals surface area contributed by atoms with Crippen LogP contribution in [0.3, 0.4) is 0 Å². The van der Waals surface area contributed by atoms with Gasteiger partial charge in [0.15, 0.2) is 0 Å². The second-order valence-electron chi connectivity index (χ2n) is 18.0. The van der Waals surface area contributed by atoms with E-state index in [9.17, 15) is 19.2 Å². The van der Waals surface area contributed by atoms with Gasteiger partial charge in [-0.2, -0.15) is 0 Å². The summed E-state index contributed by atoms with van der Waals surface area (Å²) >= 11 is 0. The van der Waals surface area contributed by atoms with Crippen LogP contribution >= 0.6 is 0 Å². The molecule has 11 heteroatoms. The van der Waals surface area contributed by atoms with Crippen molar-refractivity contribution in [3.8, 4) is 11.5 Å². The summed E-state index contributed by atoms with van der Waals surface area (Å²) in [6.07, 6.45) is 5.70. The molecule has 11 nitrogen and oxygen atoms in total. The highest BCUT2D eigenvalue weighted by Gasteiger charge is 2.45. The number of hydrogen-bond acceptors (Lipinski definition) is 9. The van der Waals surface area contributed by atoms with Crippen LogP contribution in [0.15, 0.2) is 121 Å². The molecule has 3 fully saturated rings. The summed E-state index contributed by atoms with van der Waals surface area (Å²) in [7, 11) is 0. The second-order valence-corrected chi connectivity index (χ2v) is 18.0. The van der Waals surface area contributed by atoms with Gasteiger partial charge in [0, 0.05) is 57.3 Å². The predicted molar refractivity (Wildman–Crippen MR) is 244 cm³/mol. The van der Waals surface area contributed by atoms with E-state index >= 15 is 0 Å². The minimum atomic E-state index is -0.961. The first-order valence-corrected chi connectivity index (χ1v) is 23.0. The van der Waals surface area contributed by atoms with E-state index in [0.717, 1.165) is 106 Å². The van der Waals surface area contributed by atoms with E-state index in [-0.39, 0.29) is 24.7 Å². The summed E-state index contributed by atoms with van der Waals surface area (Å²) in [6.45, 7) is 6.92. The number of hydroxylamine groups is 2. The topological polar surface area (TPSA) is 112 Å². The van der Waals surface area contributed by atoms with Gasteiger partial charge in [-0.15, -0.1) is 5.06 Å². The number of aryl methyl sites for hydroxylation is 1. The van der Waals surface area contributed by atoms with E-state index in [1.165, 1.54) is 22.3 Å². The lowest BCUT2D eigenvalue weighted by molar-refractivity contribution is -0.136. The smallest absolute Gasteiger partial charge is 0.262 e. The highest BCUT2D eigenvalue weighted by atomic mass is 16.7. The first-order chi connectivity index (χ1) is 31.3. The number of piperazine rings is 1. The normalized spacial score (nSPS) is 22.0. The highest BCUT2D eigenvalue weighted by molar-refractivity contribution is 6.23. The molecular weight excluding hydrogens is 803 g/mol. The van der Waals surface area contributed by atoms with E-state index in [2.05, 4.69) is 105 Å². The van der Waals surface area contributed by atoms with Crippen LogP contribution in [-0.2, 0) is 22.6 Å². The van der Waals surface area contributed by atoms with Crippen molar-refractivity contribution >= 4 is 29.3 Å². The molecule has 10 rings (SSSR count). The molecule has 3 saturated heterocycles. The third-order valence-corrected chi connectivity index (χ3v) is 14.1. The number of fused-ring (bicyclic) bond motifs is 2. The van der Waals surface area contributed by atoms with Crippen molar-refractivity contribution in [2.24, 2.45) is 5.92 Å². The number of imide groups is 2. The van der Waals surface area contributed by atoms with Crippen LogP contribution in [0.1, 0.15) is 98.9 Å². The summed E-state index contributed by atoms with van der Waals surface area (Å²) in [6, 6.07) is 41.2. The predicted octanol–water partition coefficient (Wildman–Crippen LogP) is 7.75. The summed E-state index contributed by atoms with van der Waals surface area (Å²) < 4.78 is 6.24. The molecule has 0 spiro atoms. The fraction of sp³-hybridized carbons (Fsp3) is 0.358. The maximum Gasteiger partial charge on any atom is 0.262 e. The standard InChI is InChI=1S/C53H55N5O6/c59-49-22-21-48(51(60)54-49)58-52(61)46-19-14-41(34-47(46)53(58)62)56-31-29-55(30-32-56)26-23-36-24-27-57(28-25-36)64-42-15-11-39(12-16-42)50-44(38-9-5-2-6-10-38)18-13-40-33-43(17-20-45(40)50)63-35-37-7-3-1-4-8-37/h1-12,14-17,19-20,33-34,36,44,48,50H,13,18,21-32,35H2,(H,54,59,60). The number of amides is 4. The molecule has 5 aromatic rings. The van der Waals surface area contributed by atoms with Crippen LogP contribution in [0.25, 0.3) is 0 Å². The first kappa shape index (κ1) is 41.7. The van der Waals surface area contributed by atoms with E-state index in [1.807, 2.05) is 24.3 Å². The highest BCUT2D eigenvalue weighted by Crippen LogP contribution is 2.47. The van der Waals surface area contributed by atoms with Gasteiger partial charge in [-0.1, -0.05) is 78.9 Å². The van der Waals surface area contributed by atoms with Crippen LogP contribution in [0.2, 0.25) is 0 Å². The molecule has 3 atom stereocenters. The van der Waals surface area contributed by atoms with E-state index in [4.69, 9.17) is 9.57 Å². The van der Waals surface area contributed by atoms with E-state index in [1.54, 1.807) is 12.1 Å². The molecule has 0 aromatic heterocycles. The van der Waals surface area contributed by atoms with Gasteiger partial charge in [-0.05, 0) is 127 Å². The number of anilines is 1. The molecule has 5 aliphatic rings. The van der Waals surface area contributed by atoms with Gasteiger partial charge in [0.25, 0.3) is 11.8 Å². The van der Waals surface area contributed by atoms with Crippen molar-refractivity contribution in [3.05, 3.63) is 160 Å². The van der Waals surface area contributed by atoms with Crippen LogP contribution in [-0.4, -0.2) is 90.3 Å². The Balaban J connectivity index is 0.701. The number of benzene rings is 5. The number of ether oxygens (including phenoxy) is 1. The van der Waals surface area contributed by atoms with Gasteiger partial charge in [-0.25, -0.2) is 0 Å². The quantitative estimate of drug-likeness (QED) is 0.126. The molecule has 4 aliphatic heterocycles. The first-order valence-electron chi connectivity index (χ1n) is 23.0. The van der Waals surface area contributed by atoms with Crippen LogP contribution in [0, 0.1) is 5.92 Å². The van der Waals surface area contributed by atoms with Gasteiger partial charge in [0.2, 0.25) is 11.8 Å². The van der Waals surface area contributed by atoms with Gasteiger partial charge in [0.1, 0.15) is 24.1 Å². The Labute approximate surface area is 374 Å². The Morgan fingerprint density at radius 1 is 0.625 bits per heavy atom. The van der Waals surface area contributed by atoms with Gasteiger partial charge >= 0.3 is 0 Å². The molecule has 4 heterocycles. The lowest BCUT2D eigenvalue weighted by atomic mass is 9.69. The zero-order chi connectivity index (χ0) is 43.6. The Morgan fingerprint density at radius 2 is 1.34 bits per heavy atom. The molecule has 0 saturated carbocycles. The van der Waals surface area contributed by atoms with Crippen molar-refractivity contribution in [1.29, 1.82) is 0 Å². The Bertz CT molecular complexity index is 2500. The molecule has 64 heavy (non-hydrogen) atoms. The minimum Gasteiger partial charge on any atom is -0.489 e. The van der Waals surface area contributed by atoms with Crippen LogP contribution in [0.5, 0.6) is 11.5 Å². The number of hydrogen-bond donors (Lipinski definition) is 1. The van der Waals surface area contributed by atoms with Gasteiger partial charge < -0.3 is 14.5 Å². The van der Waals surface area contributed by atoms with E-state index < -0.39 is 23.8 Å². The molecule has 4 amide bonds. The lowest BCUT2D eigenvalue weighted by Crippen LogP contribution is -2.54. The monoisotopic (exact) mass is 857 g/mol. The third-order valence-electron chi connectivity index (χ3n) is 14.1. The number of nitrogens with zero attached hydrogens (tertiary/aromatic N) is 4. The summed E-state index contributed by atoms with van der Waals surface area (Å²) in [4.78, 5) is 62.9. The Hall–Kier alpha value is -6.30. The lowest BCUT2D eigenvalue weighted by Gasteiger charge is -2.37. The summed E-state index contributed by atoms with van der Waals surface area (Å²) in [5, 5.41) is 4.39. The van der Waals surface area contributed by atoms with Gasteiger partial charge in [-0.3, -0.25) is 34.3 Å². The number of piperidine rings is 2. The molecule has 1 aliphatic carbocycles. The average molecular weight is 858 g/mol. The summed E-state index contributed by atoms with van der Waals surface area (Å²) in [5.41, 5.74) is 8.13. The second kappa shape index (κ2) is 18.4. The number of nitrogens with one attached hydrogen (secondary N) is 1. The van der Waals surface area contributed by atoms with E-state index in [0.29, 0.717) is 29.6 Å². The maximum absolute atomic E-state index is 13.4. The third kappa shape index (κ3) is 8.79. The molecular formula is C53H55N5O6. The number of rotatable bonds is 12. The van der Waals surface area contributed by atoms with Crippen molar-refractivity contribution < 1.29 is 28.8 Å². The molecule has 0 radical (unpaired) electrons. The maximum atomic E-state index is 13.4. The molecule has 0 bridgehead atoms. The Morgan fingerprint density at radius 3 is 2.09 bits per heavy atom. The van der Waals surface area contributed by atoms with Gasteiger partial charge in [0.05, 0.1) is 11.1 Å². The average Bonchev–Trinajstić information content (AvgIpc) is 3.58.